The van der Waals surface area contributed by atoms with Crippen molar-refractivity contribution in [2.75, 3.05) is 0 Å². The molecular weight excluding hydrogens is 386 g/mol. The molecule has 1 N–H and O–H groups in total. The van der Waals surface area contributed by atoms with Gasteiger partial charge in [-0.2, -0.15) is 4.39 Å². The first-order chi connectivity index (χ1) is 9.75. The van der Waals surface area contributed by atoms with Gasteiger partial charge in [0.05, 0.1) is 30.7 Å². The second-order valence-electron chi connectivity index (χ2n) is 3.80. The smallest absolute Gasteiger partial charge is 0.336 e. The average Bonchev–Trinajstić information content (AvgIpc) is 2.44. The third-order valence-electron chi connectivity index (χ3n) is 2.58. The fourth-order valence-corrected chi connectivity index (χ4v) is 2.99. The van der Waals surface area contributed by atoms with Crippen LogP contribution >= 0.6 is 58.0 Å². The maximum absolute atomic E-state index is 13.1. The lowest BCUT2D eigenvalue weighted by molar-refractivity contribution is 0.0697. The van der Waals surface area contributed by atoms with E-state index in [0.717, 1.165) is 12.3 Å². The molecule has 0 unspecified atom stereocenters. The van der Waals surface area contributed by atoms with Crippen molar-refractivity contribution >= 4 is 64.0 Å². The topological polar surface area (TPSA) is 50.2 Å². The highest BCUT2D eigenvalue weighted by Crippen LogP contribution is 2.48. The molecule has 0 saturated heterocycles. The first-order valence-corrected chi connectivity index (χ1v) is 7.05. The van der Waals surface area contributed by atoms with E-state index >= 15 is 0 Å². The molecule has 0 fully saturated rings. The van der Waals surface area contributed by atoms with Gasteiger partial charge in [0, 0.05) is 23.4 Å². The molecule has 0 aliphatic rings. The van der Waals surface area contributed by atoms with E-state index in [-0.39, 0.29) is 41.8 Å². The van der Waals surface area contributed by atoms with E-state index in [1.54, 1.807) is 0 Å². The summed E-state index contributed by atoms with van der Waals surface area (Å²) < 4.78 is 13.1. The Bertz CT molecular complexity index is 737. The number of benzene rings is 1. The zero-order chi connectivity index (χ0) is 15.9. The van der Waals surface area contributed by atoms with Gasteiger partial charge < -0.3 is 5.11 Å². The molecule has 9 heteroatoms. The largest absolute Gasteiger partial charge is 0.478 e. The minimum atomic E-state index is -1.39. The number of aromatic carboxylic acids is 1. The Balaban J connectivity index is 2.89. The van der Waals surface area contributed by atoms with Crippen LogP contribution in [0, 0.1) is 5.95 Å². The minimum absolute atomic E-state index is 0.0163. The van der Waals surface area contributed by atoms with Gasteiger partial charge in [0.25, 0.3) is 0 Å². The number of halogens is 6. The van der Waals surface area contributed by atoms with Crippen LogP contribution in [-0.4, -0.2) is 16.1 Å². The molecule has 2 rings (SSSR count). The molecule has 0 radical (unpaired) electrons. The highest BCUT2D eigenvalue weighted by Gasteiger charge is 2.24. The van der Waals surface area contributed by atoms with Crippen molar-refractivity contribution in [2.24, 2.45) is 0 Å². The fourth-order valence-electron chi connectivity index (χ4n) is 1.65. The Morgan fingerprint density at radius 3 is 1.95 bits per heavy atom. The van der Waals surface area contributed by atoms with Crippen LogP contribution in [0.4, 0.5) is 4.39 Å². The predicted octanol–water partition coefficient (Wildman–Crippen LogP) is 5.85. The van der Waals surface area contributed by atoms with Crippen molar-refractivity contribution in [3.63, 3.8) is 0 Å². The predicted molar refractivity (Wildman–Crippen MR) is 81.6 cm³/mol. The van der Waals surface area contributed by atoms with Gasteiger partial charge in [0.2, 0.25) is 5.95 Å². The number of pyridine rings is 1. The molecular formula is C12H3Cl5FNO2. The van der Waals surface area contributed by atoms with Gasteiger partial charge >= 0.3 is 5.97 Å². The van der Waals surface area contributed by atoms with E-state index in [9.17, 15) is 9.18 Å². The number of rotatable bonds is 2. The van der Waals surface area contributed by atoms with E-state index in [4.69, 9.17) is 63.1 Å². The summed E-state index contributed by atoms with van der Waals surface area (Å²) >= 11 is 29.8. The van der Waals surface area contributed by atoms with Crippen LogP contribution in [0.25, 0.3) is 11.1 Å². The summed E-state index contributed by atoms with van der Waals surface area (Å²) in [5.41, 5.74) is -0.400. The maximum atomic E-state index is 13.1. The van der Waals surface area contributed by atoms with Crippen LogP contribution in [0.3, 0.4) is 0 Å². The molecule has 0 aliphatic carbocycles. The average molecular weight is 389 g/mol. The molecule has 110 valence electrons. The standard InChI is InChI=1S/C12H3Cl5FNO2/c13-7-6(8(14)10(16)11(17)9(7)15)4-2-19-5(18)1-3(4)12(20)21/h1-2H,(H,20,21). The SMILES string of the molecule is O=C(O)c1cc(F)ncc1-c1c(Cl)c(Cl)c(Cl)c(Cl)c1Cl. The quantitative estimate of drug-likeness (QED) is 0.398. The molecule has 1 aromatic heterocycles. The Kier molecular flexibility index (Phi) is 4.85. The Labute approximate surface area is 143 Å². The summed E-state index contributed by atoms with van der Waals surface area (Å²) in [6.45, 7) is 0. The second kappa shape index (κ2) is 6.15. The maximum Gasteiger partial charge on any atom is 0.336 e. The molecule has 1 aromatic carbocycles. The summed E-state index contributed by atoms with van der Waals surface area (Å²) in [6, 6.07) is 0.737. The molecule has 1 heterocycles. The Morgan fingerprint density at radius 1 is 1.00 bits per heavy atom. The zero-order valence-electron chi connectivity index (χ0n) is 9.73. The number of carboxylic acid groups (broad SMARTS) is 1. The second-order valence-corrected chi connectivity index (χ2v) is 5.69. The van der Waals surface area contributed by atoms with Crippen molar-refractivity contribution < 1.29 is 14.3 Å². The van der Waals surface area contributed by atoms with Gasteiger partial charge in [-0.25, -0.2) is 9.78 Å². The highest BCUT2D eigenvalue weighted by molar-refractivity contribution is 6.56. The summed E-state index contributed by atoms with van der Waals surface area (Å²) in [4.78, 5) is 14.6. The lowest BCUT2D eigenvalue weighted by atomic mass is 10.0. The van der Waals surface area contributed by atoms with Crippen molar-refractivity contribution in [3.05, 3.63) is 48.9 Å². The number of aromatic nitrogens is 1. The molecule has 21 heavy (non-hydrogen) atoms. The highest BCUT2D eigenvalue weighted by atomic mass is 35.5. The molecule has 0 saturated carbocycles. The first kappa shape index (κ1) is 16.6. The molecule has 3 nitrogen and oxygen atoms in total. The number of nitrogens with zero attached hydrogens (tertiary/aromatic N) is 1. The van der Waals surface area contributed by atoms with Gasteiger partial charge in [-0.1, -0.05) is 58.0 Å². The normalized spacial score (nSPS) is 10.8. The zero-order valence-corrected chi connectivity index (χ0v) is 13.5. The first-order valence-electron chi connectivity index (χ1n) is 5.16. The summed E-state index contributed by atoms with van der Waals surface area (Å²) in [6.07, 6.45) is 0.979. The van der Waals surface area contributed by atoms with Gasteiger partial charge in [-0.05, 0) is 0 Å². The van der Waals surface area contributed by atoms with Crippen molar-refractivity contribution in [3.8, 4) is 11.1 Å². The molecule has 2 aromatic rings. The number of hydrogen-bond donors (Lipinski definition) is 1. The van der Waals surface area contributed by atoms with Gasteiger partial charge in [0.1, 0.15) is 0 Å². The van der Waals surface area contributed by atoms with Crippen LogP contribution < -0.4 is 0 Å². The lowest BCUT2D eigenvalue weighted by Gasteiger charge is -2.14. The number of hydrogen-bond acceptors (Lipinski definition) is 2. The molecule has 0 amide bonds. The van der Waals surface area contributed by atoms with E-state index in [0.29, 0.717) is 0 Å². The van der Waals surface area contributed by atoms with Gasteiger partial charge in [0.15, 0.2) is 0 Å². The third kappa shape index (κ3) is 2.91. The van der Waals surface area contributed by atoms with Crippen molar-refractivity contribution in [1.82, 2.24) is 4.98 Å². The van der Waals surface area contributed by atoms with E-state index in [1.165, 1.54) is 0 Å². The van der Waals surface area contributed by atoms with Crippen LogP contribution in [0.5, 0.6) is 0 Å². The van der Waals surface area contributed by atoms with E-state index in [2.05, 4.69) is 4.98 Å². The summed E-state index contributed by atoms with van der Waals surface area (Å²) in [7, 11) is 0. The lowest BCUT2D eigenvalue weighted by Crippen LogP contribution is -2.03. The molecule has 0 bridgehead atoms. The summed E-state index contributed by atoms with van der Waals surface area (Å²) in [5.74, 6) is -2.35. The molecule has 0 atom stereocenters. The van der Waals surface area contributed by atoms with Crippen molar-refractivity contribution in [2.45, 2.75) is 0 Å². The number of carbonyl (C=O) groups is 1. The van der Waals surface area contributed by atoms with Gasteiger partial charge in [-0.15, -0.1) is 0 Å². The Morgan fingerprint density at radius 2 is 1.48 bits per heavy atom. The summed E-state index contributed by atoms with van der Waals surface area (Å²) in [5, 5.41) is 8.69. The van der Waals surface area contributed by atoms with E-state index < -0.39 is 11.9 Å². The van der Waals surface area contributed by atoms with Gasteiger partial charge in [-0.3, -0.25) is 0 Å². The van der Waals surface area contributed by atoms with Crippen LogP contribution in [0.15, 0.2) is 12.3 Å². The third-order valence-corrected chi connectivity index (χ3v) is 4.86. The van der Waals surface area contributed by atoms with Crippen molar-refractivity contribution in [1.29, 1.82) is 0 Å². The van der Waals surface area contributed by atoms with Crippen LogP contribution in [0.2, 0.25) is 25.1 Å². The minimum Gasteiger partial charge on any atom is -0.478 e. The molecule has 0 aliphatic heterocycles. The van der Waals surface area contributed by atoms with Crippen LogP contribution in [-0.2, 0) is 0 Å². The monoisotopic (exact) mass is 387 g/mol. The van der Waals surface area contributed by atoms with Crippen LogP contribution in [0.1, 0.15) is 10.4 Å². The number of carboxylic acids is 1. The Hall–Kier alpha value is -0.780. The fraction of sp³-hybridized carbons (Fsp3) is 0. The molecule has 0 spiro atoms. The van der Waals surface area contributed by atoms with E-state index in [1.807, 2.05) is 0 Å².